The largest absolute Gasteiger partial charge is 0.466 e. The van der Waals surface area contributed by atoms with Crippen LogP contribution in [0, 0.1) is 12.7 Å². The van der Waals surface area contributed by atoms with Gasteiger partial charge in [-0.2, -0.15) is 0 Å². The fourth-order valence-electron chi connectivity index (χ4n) is 1.51. The van der Waals surface area contributed by atoms with Gasteiger partial charge < -0.3 is 15.2 Å². The van der Waals surface area contributed by atoms with E-state index in [1.165, 1.54) is 6.07 Å². The van der Waals surface area contributed by atoms with Crippen molar-refractivity contribution in [1.82, 2.24) is 0 Å². The maximum absolute atomic E-state index is 13.2. The number of hydrogen-bond donors (Lipinski definition) is 2. The summed E-state index contributed by atoms with van der Waals surface area (Å²) in [5.74, 6) is -0.748. The predicted octanol–water partition coefficient (Wildman–Crippen LogP) is 1.86. The van der Waals surface area contributed by atoms with Crippen molar-refractivity contribution >= 4 is 11.7 Å². The predicted molar refractivity (Wildman–Crippen MR) is 66.9 cm³/mol. The molecule has 100 valence electrons. The van der Waals surface area contributed by atoms with E-state index < -0.39 is 12.1 Å². The van der Waals surface area contributed by atoms with E-state index in [9.17, 15) is 14.3 Å². The van der Waals surface area contributed by atoms with Gasteiger partial charge in [0.15, 0.2) is 0 Å². The van der Waals surface area contributed by atoms with E-state index in [0.29, 0.717) is 17.9 Å². The van der Waals surface area contributed by atoms with Gasteiger partial charge in [0.25, 0.3) is 0 Å². The fraction of sp³-hybridized carbons (Fsp3) is 0.462. The van der Waals surface area contributed by atoms with Crippen LogP contribution < -0.4 is 5.32 Å². The van der Waals surface area contributed by atoms with E-state index >= 15 is 0 Å². The molecule has 0 saturated carbocycles. The number of esters is 1. The van der Waals surface area contributed by atoms with E-state index in [-0.39, 0.29) is 18.8 Å². The summed E-state index contributed by atoms with van der Waals surface area (Å²) in [5, 5.41) is 12.5. The van der Waals surface area contributed by atoms with Crippen molar-refractivity contribution in [2.24, 2.45) is 0 Å². The van der Waals surface area contributed by atoms with Crippen molar-refractivity contribution in [2.75, 3.05) is 18.5 Å². The lowest BCUT2D eigenvalue weighted by molar-refractivity contribution is -0.145. The molecule has 5 heteroatoms. The molecule has 0 amide bonds. The minimum atomic E-state index is -0.855. The highest BCUT2D eigenvalue weighted by molar-refractivity contribution is 5.70. The Hall–Kier alpha value is -1.62. The van der Waals surface area contributed by atoms with Crippen LogP contribution in [0.25, 0.3) is 0 Å². The zero-order chi connectivity index (χ0) is 13.5. The fourth-order valence-corrected chi connectivity index (χ4v) is 1.51. The number of aliphatic hydroxyl groups excluding tert-OH is 1. The number of benzene rings is 1. The van der Waals surface area contributed by atoms with Crippen LogP contribution in [0.4, 0.5) is 10.1 Å². The third-order valence-electron chi connectivity index (χ3n) is 2.50. The van der Waals surface area contributed by atoms with Crippen LogP contribution in [-0.4, -0.2) is 30.3 Å². The van der Waals surface area contributed by atoms with Gasteiger partial charge in [0.05, 0.1) is 19.1 Å². The number of carbonyl (C=O) groups excluding carboxylic acids is 1. The first kappa shape index (κ1) is 14.4. The number of ether oxygens (including phenoxy) is 1. The number of hydrogen-bond acceptors (Lipinski definition) is 4. The molecule has 0 radical (unpaired) electrons. The van der Waals surface area contributed by atoms with Crippen LogP contribution >= 0.6 is 0 Å². The van der Waals surface area contributed by atoms with Crippen molar-refractivity contribution in [2.45, 2.75) is 26.4 Å². The molecule has 18 heavy (non-hydrogen) atoms. The minimum Gasteiger partial charge on any atom is -0.466 e. The summed E-state index contributed by atoms with van der Waals surface area (Å²) < 4.78 is 18.0. The van der Waals surface area contributed by atoms with Crippen molar-refractivity contribution in [3.05, 3.63) is 29.6 Å². The Morgan fingerprint density at radius 3 is 2.94 bits per heavy atom. The Labute approximate surface area is 106 Å². The molecule has 1 aromatic rings. The first-order valence-electron chi connectivity index (χ1n) is 5.87. The molecule has 0 aromatic heterocycles. The molecular formula is C13H18FNO3. The lowest BCUT2D eigenvalue weighted by atomic mass is 10.1. The molecule has 0 bridgehead atoms. The second-order valence-corrected chi connectivity index (χ2v) is 3.96. The van der Waals surface area contributed by atoms with Gasteiger partial charge in [-0.05, 0) is 26.0 Å². The maximum Gasteiger partial charge on any atom is 0.308 e. The third kappa shape index (κ3) is 4.33. The highest BCUT2D eigenvalue weighted by atomic mass is 19.1. The van der Waals surface area contributed by atoms with Crippen molar-refractivity contribution in [3.8, 4) is 0 Å². The normalized spacial score (nSPS) is 12.0. The quantitative estimate of drug-likeness (QED) is 0.762. The Kier molecular flexibility index (Phi) is 5.58. The smallest absolute Gasteiger partial charge is 0.308 e. The lowest BCUT2D eigenvalue weighted by Crippen LogP contribution is -2.24. The maximum atomic E-state index is 13.2. The van der Waals surface area contributed by atoms with E-state index in [1.54, 1.807) is 26.0 Å². The number of carbonyl (C=O) groups is 1. The Morgan fingerprint density at radius 2 is 2.28 bits per heavy atom. The number of rotatable bonds is 6. The van der Waals surface area contributed by atoms with Crippen LogP contribution in [0.5, 0.6) is 0 Å². The average molecular weight is 255 g/mol. The summed E-state index contributed by atoms with van der Waals surface area (Å²) in [6.45, 7) is 3.82. The molecule has 0 heterocycles. The molecule has 0 fully saturated rings. The SMILES string of the molecule is CCOC(=O)CC(O)CNc1cccc(F)c1C. The van der Waals surface area contributed by atoms with E-state index in [4.69, 9.17) is 4.74 Å². The number of halogens is 1. The summed E-state index contributed by atoms with van der Waals surface area (Å²) in [5.41, 5.74) is 1.10. The lowest BCUT2D eigenvalue weighted by Gasteiger charge is -2.14. The zero-order valence-electron chi connectivity index (χ0n) is 10.6. The standard InChI is InChI=1S/C13H18FNO3/c1-3-18-13(17)7-10(16)8-15-12-6-4-5-11(14)9(12)2/h4-6,10,15-16H,3,7-8H2,1-2H3. The molecule has 2 N–H and O–H groups in total. The molecule has 1 atom stereocenters. The molecule has 0 aliphatic heterocycles. The molecule has 1 unspecified atom stereocenters. The summed E-state index contributed by atoms with van der Waals surface area (Å²) in [7, 11) is 0. The highest BCUT2D eigenvalue weighted by Gasteiger charge is 2.12. The first-order chi connectivity index (χ1) is 8.54. The molecule has 1 rings (SSSR count). The second kappa shape index (κ2) is 6.96. The molecule has 0 saturated heterocycles. The van der Waals surface area contributed by atoms with Gasteiger partial charge in [-0.25, -0.2) is 4.39 Å². The Bertz CT molecular complexity index is 409. The third-order valence-corrected chi connectivity index (χ3v) is 2.50. The highest BCUT2D eigenvalue weighted by Crippen LogP contribution is 2.17. The summed E-state index contributed by atoms with van der Waals surface area (Å²) >= 11 is 0. The molecule has 0 aliphatic carbocycles. The van der Waals surface area contributed by atoms with Crippen LogP contribution in [-0.2, 0) is 9.53 Å². The first-order valence-corrected chi connectivity index (χ1v) is 5.87. The van der Waals surface area contributed by atoms with E-state index in [2.05, 4.69) is 5.32 Å². The molecule has 0 spiro atoms. The van der Waals surface area contributed by atoms with E-state index in [0.717, 1.165) is 0 Å². The molecule has 1 aromatic carbocycles. The van der Waals surface area contributed by atoms with Gasteiger partial charge >= 0.3 is 5.97 Å². The van der Waals surface area contributed by atoms with Gasteiger partial charge in [0.1, 0.15) is 5.82 Å². The van der Waals surface area contributed by atoms with Crippen molar-refractivity contribution < 1.29 is 19.0 Å². The van der Waals surface area contributed by atoms with E-state index in [1.807, 2.05) is 0 Å². The number of anilines is 1. The molecule has 4 nitrogen and oxygen atoms in total. The topological polar surface area (TPSA) is 58.6 Å². The van der Waals surface area contributed by atoms with Crippen molar-refractivity contribution in [1.29, 1.82) is 0 Å². The van der Waals surface area contributed by atoms with Crippen LogP contribution in [0.3, 0.4) is 0 Å². The van der Waals surface area contributed by atoms with Crippen LogP contribution in [0.2, 0.25) is 0 Å². The molecule has 0 aliphatic rings. The average Bonchev–Trinajstić information content (AvgIpc) is 2.31. The van der Waals surface area contributed by atoms with Crippen molar-refractivity contribution in [3.63, 3.8) is 0 Å². The number of nitrogens with one attached hydrogen (secondary N) is 1. The number of aliphatic hydroxyl groups is 1. The Morgan fingerprint density at radius 1 is 1.56 bits per heavy atom. The summed E-state index contributed by atoms with van der Waals surface area (Å²) in [6, 6.07) is 4.67. The molecular weight excluding hydrogens is 237 g/mol. The van der Waals surface area contributed by atoms with Crippen LogP contribution in [0.15, 0.2) is 18.2 Å². The minimum absolute atomic E-state index is 0.0742. The zero-order valence-corrected chi connectivity index (χ0v) is 10.6. The summed E-state index contributed by atoms with van der Waals surface area (Å²) in [6.07, 6.45) is -0.929. The van der Waals surface area contributed by atoms with Gasteiger partial charge in [0.2, 0.25) is 0 Å². The van der Waals surface area contributed by atoms with Gasteiger partial charge in [-0.15, -0.1) is 0 Å². The summed E-state index contributed by atoms with van der Waals surface area (Å²) in [4.78, 5) is 11.1. The van der Waals surface area contributed by atoms with Gasteiger partial charge in [0, 0.05) is 17.8 Å². The second-order valence-electron chi connectivity index (χ2n) is 3.96. The van der Waals surface area contributed by atoms with Gasteiger partial charge in [-0.3, -0.25) is 4.79 Å². The van der Waals surface area contributed by atoms with Crippen LogP contribution in [0.1, 0.15) is 18.9 Å². The Balaban J connectivity index is 2.45. The van der Waals surface area contributed by atoms with Gasteiger partial charge in [-0.1, -0.05) is 6.07 Å². The monoisotopic (exact) mass is 255 g/mol.